The second-order valence-electron chi connectivity index (χ2n) is 4.59. The van der Waals surface area contributed by atoms with Crippen LogP contribution in [0.3, 0.4) is 0 Å². The van der Waals surface area contributed by atoms with Gasteiger partial charge in [0.2, 0.25) is 5.91 Å². The van der Waals surface area contributed by atoms with E-state index in [4.69, 9.17) is 0 Å². The molecule has 0 bridgehead atoms. The maximum Gasteiger partial charge on any atom is 0.403 e. The van der Waals surface area contributed by atoms with Gasteiger partial charge in [0, 0.05) is 6.04 Å². The highest BCUT2D eigenvalue weighted by Crippen LogP contribution is 2.57. The van der Waals surface area contributed by atoms with Gasteiger partial charge in [0.1, 0.15) is 5.41 Å². The minimum absolute atomic E-state index is 0.0762. The quantitative estimate of drug-likeness (QED) is 0.782. The Morgan fingerprint density at radius 3 is 2.00 bits per heavy atom. The van der Waals surface area contributed by atoms with E-state index in [1.165, 1.54) is 0 Å². The van der Waals surface area contributed by atoms with Gasteiger partial charge in [-0.2, -0.15) is 13.2 Å². The zero-order valence-electron chi connectivity index (χ0n) is 9.11. The average molecular weight is 223 g/mol. The fourth-order valence-electron chi connectivity index (χ4n) is 1.28. The molecule has 0 aromatic heterocycles. The molecular weight excluding hydrogens is 207 g/mol. The molecule has 1 aliphatic rings. The summed E-state index contributed by atoms with van der Waals surface area (Å²) in [5.74, 6) is -0.728. The molecular formula is C10H16F3NO. The molecule has 1 rings (SSSR count). The second kappa shape index (κ2) is 3.68. The molecule has 1 saturated carbocycles. The molecule has 0 heterocycles. The maximum absolute atomic E-state index is 12.5. The molecule has 88 valence electrons. The maximum atomic E-state index is 12.5. The van der Waals surface area contributed by atoms with Gasteiger partial charge in [-0.3, -0.25) is 4.79 Å². The fraction of sp³-hybridized carbons (Fsp3) is 0.900. The summed E-state index contributed by atoms with van der Waals surface area (Å²) in [6.45, 7) is 5.44. The standard InChI is InChI=1S/C10H16F3NO/c1-6(2)7(3)14-8(15)9(4-5-9)10(11,12)13/h6-7H,4-5H2,1-3H3,(H,14,15)/t7-/m0/s1. The Morgan fingerprint density at radius 1 is 1.27 bits per heavy atom. The third-order valence-electron chi connectivity index (χ3n) is 3.09. The first-order chi connectivity index (χ1) is 6.71. The normalized spacial score (nSPS) is 21.3. The average Bonchev–Trinajstić information content (AvgIpc) is 2.81. The van der Waals surface area contributed by atoms with Gasteiger partial charge < -0.3 is 5.32 Å². The minimum atomic E-state index is -4.41. The molecule has 0 aromatic carbocycles. The molecule has 5 heteroatoms. The molecule has 1 atom stereocenters. The van der Waals surface area contributed by atoms with Gasteiger partial charge in [-0.05, 0) is 25.7 Å². The van der Waals surface area contributed by atoms with E-state index in [9.17, 15) is 18.0 Å². The van der Waals surface area contributed by atoms with Gasteiger partial charge in [0.15, 0.2) is 0 Å². The first-order valence-corrected chi connectivity index (χ1v) is 5.08. The van der Waals surface area contributed by atoms with E-state index in [-0.39, 0.29) is 24.8 Å². The predicted molar refractivity (Wildman–Crippen MR) is 50.2 cm³/mol. The Hall–Kier alpha value is -0.740. The molecule has 2 nitrogen and oxygen atoms in total. The topological polar surface area (TPSA) is 29.1 Å². The summed E-state index contributed by atoms with van der Waals surface area (Å²) in [5.41, 5.74) is -2.09. The first-order valence-electron chi connectivity index (χ1n) is 5.08. The Morgan fingerprint density at radius 2 is 1.73 bits per heavy atom. The molecule has 0 unspecified atom stereocenters. The third-order valence-corrected chi connectivity index (χ3v) is 3.09. The summed E-state index contributed by atoms with van der Waals surface area (Å²) >= 11 is 0. The number of carbonyl (C=O) groups is 1. The van der Waals surface area contributed by atoms with Crippen molar-refractivity contribution in [3.05, 3.63) is 0 Å². The zero-order valence-corrected chi connectivity index (χ0v) is 9.11. The zero-order chi connectivity index (χ0) is 11.9. The van der Waals surface area contributed by atoms with Crippen molar-refractivity contribution in [2.24, 2.45) is 11.3 Å². The van der Waals surface area contributed by atoms with Crippen LogP contribution >= 0.6 is 0 Å². The Labute approximate surface area is 87.2 Å². The van der Waals surface area contributed by atoms with Crippen molar-refractivity contribution in [1.29, 1.82) is 0 Å². The van der Waals surface area contributed by atoms with Crippen molar-refractivity contribution in [3.63, 3.8) is 0 Å². The number of amides is 1. The van der Waals surface area contributed by atoms with E-state index in [1.54, 1.807) is 6.92 Å². The number of nitrogens with one attached hydrogen (secondary N) is 1. The molecule has 1 amide bonds. The molecule has 0 saturated heterocycles. The van der Waals surface area contributed by atoms with Crippen molar-refractivity contribution in [3.8, 4) is 0 Å². The van der Waals surface area contributed by atoms with Crippen LogP contribution in [0, 0.1) is 11.3 Å². The van der Waals surface area contributed by atoms with Crippen LogP contribution in [-0.2, 0) is 4.79 Å². The Balaban J connectivity index is 2.63. The highest BCUT2D eigenvalue weighted by atomic mass is 19.4. The van der Waals surface area contributed by atoms with Gasteiger partial charge in [0.05, 0.1) is 0 Å². The van der Waals surface area contributed by atoms with Crippen LogP contribution in [0.1, 0.15) is 33.6 Å². The van der Waals surface area contributed by atoms with Crippen molar-refractivity contribution >= 4 is 5.91 Å². The van der Waals surface area contributed by atoms with Crippen LogP contribution in [-0.4, -0.2) is 18.1 Å². The summed E-state index contributed by atoms with van der Waals surface area (Å²) in [7, 11) is 0. The summed E-state index contributed by atoms with van der Waals surface area (Å²) in [6, 6.07) is -0.225. The van der Waals surface area contributed by atoms with Crippen molar-refractivity contribution in [2.45, 2.75) is 45.8 Å². The van der Waals surface area contributed by atoms with Crippen molar-refractivity contribution in [1.82, 2.24) is 5.32 Å². The number of hydrogen-bond donors (Lipinski definition) is 1. The number of alkyl halides is 3. The number of hydrogen-bond acceptors (Lipinski definition) is 1. The second-order valence-corrected chi connectivity index (χ2v) is 4.59. The lowest BCUT2D eigenvalue weighted by molar-refractivity contribution is -0.192. The molecule has 0 aromatic rings. The lowest BCUT2D eigenvalue weighted by atomic mass is 10.0. The number of halogens is 3. The van der Waals surface area contributed by atoms with Gasteiger partial charge in [-0.1, -0.05) is 13.8 Å². The van der Waals surface area contributed by atoms with Gasteiger partial charge in [-0.25, -0.2) is 0 Å². The molecule has 1 aliphatic carbocycles. The van der Waals surface area contributed by atoms with Crippen LogP contribution in [0.2, 0.25) is 0 Å². The molecule has 0 radical (unpaired) electrons. The summed E-state index contributed by atoms with van der Waals surface area (Å²) in [6.07, 6.45) is -4.56. The van der Waals surface area contributed by atoms with E-state index >= 15 is 0 Å². The molecule has 15 heavy (non-hydrogen) atoms. The lowest BCUT2D eigenvalue weighted by Gasteiger charge is -2.23. The summed E-state index contributed by atoms with van der Waals surface area (Å²) in [5, 5.41) is 2.43. The molecule has 0 aliphatic heterocycles. The largest absolute Gasteiger partial charge is 0.403 e. The summed E-state index contributed by atoms with van der Waals surface area (Å²) < 4.78 is 37.6. The van der Waals surface area contributed by atoms with Crippen LogP contribution < -0.4 is 5.32 Å². The number of rotatable bonds is 3. The van der Waals surface area contributed by atoms with Crippen LogP contribution in [0.5, 0.6) is 0 Å². The Kier molecular flexibility index (Phi) is 3.03. The van der Waals surface area contributed by atoms with Crippen molar-refractivity contribution in [2.75, 3.05) is 0 Å². The van der Waals surface area contributed by atoms with E-state index in [0.717, 1.165) is 0 Å². The van der Waals surface area contributed by atoms with Crippen LogP contribution in [0.4, 0.5) is 13.2 Å². The highest BCUT2D eigenvalue weighted by molar-refractivity contribution is 5.86. The molecule has 1 N–H and O–H groups in total. The SMILES string of the molecule is CC(C)[C@H](C)NC(=O)C1(C(F)(F)F)CC1. The molecule has 0 spiro atoms. The summed E-state index contributed by atoms with van der Waals surface area (Å²) in [4.78, 5) is 11.5. The van der Waals surface area contributed by atoms with E-state index in [2.05, 4.69) is 5.32 Å². The number of carbonyl (C=O) groups excluding carboxylic acids is 1. The first kappa shape index (κ1) is 12.3. The van der Waals surface area contributed by atoms with Crippen LogP contribution in [0.25, 0.3) is 0 Å². The van der Waals surface area contributed by atoms with Crippen LogP contribution in [0.15, 0.2) is 0 Å². The third kappa shape index (κ3) is 2.26. The highest BCUT2D eigenvalue weighted by Gasteiger charge is 2.68. The minimum Gasteiger partial charge on any atom is -0.353 e. The van der Waals surface area contributed by atoms with E-state index < -0.39 is 17.5 Å². The van der Waals surface area contributed by atoms with Gasteiger partial charge >= 0.3 is 6.18 Å². The van der Waals surface area contributed by atoms with E-state index in [0.29, 0.717) is 0 Å². The van der Waals surface area contributed by atoms with E-state index in [1.807, 2.05) is 13.8 Å². The fourth-order valence-corrected chi connectivity index (χ4v) is 1.28. The van der Waals surface area contributed by atoms with Gasteiger partial charge in [0.25, 0.3) is 0 Å². The molecule has 1 fully saturated rings. The van der Waals surface area contributed by atoms with Gasteiger partial charge in [-0.15, -0.1) is 0 Å². The monoisotopic (exact) mass is 223 g/mol. The van der Waals surface area contributed by atoms with Crippen molar-refractivity contribution < 1.29 is 18.0 Å². The smallest absolute Gasteiger partial charge is 0.353 e. The lowest BCUT2D eigenvalue weighted by Crippen LogP contribution is -2.46. The Bertz CT molecular complexity index is 256. The predicted octanol–water partition coefficient (Wildman–Crippen LogP) is 2.49.